The van der Waals surface area contributed by atoms with Crippen LogP contribution in [0.4, 0.5) is 34.1 Å². The van der Waals surface area contributed by atoms with Crippen molar-refractivity contribution in [1.82, 2.24) is 0 Å². The van der Waals surface area contributed by atoms with Gasteiger partial charge in [-0.05, 0) is 113 Å². The lowest BCUT2D eigenvalue weighted by molar-refractivity contribution is 0.938. The van der Waals surface area contributed by atoms with Gasteiger partial charge in [0.25, 0.3) is 0 Å². The Bertz CT molecular complexity index is 2710. The first-order valence-electron chi connectivity index (χ1n) is 18.3. The molecule has 0 N–H and O–H groups in total. The molecule has 2 nitrogen and oxygen atoms in total. The quantitative estimate of drug-likeness (QED) is 0.164. The molecule has 1 aliphatic rings. The number of fused-ring (bicyclic) bond motifs is 6. The van der Waals surface area contributed by atoms with Gasteiger partial charge in [0.15, 0.2) is 0 Å². The monoisotopic (exact) mass is 696 g/mol. The van der Waals surface area contributed by atoms with Crippen molar-refractivity contribution >= 4 is 65.6 Å². The Morgan fingerprint density at radius 2 is 0.868 bits per heavy atom. The molecule has 1 heterocycles. The normalized spacial score (nSPS) is 12.0. The smallest absolute Gasteiger partial charge is 0.0640 e. The van der Waals surface area contributed by atoms with Gasteiger partial charge < -0.3 is 9.80 Å². The Labute approximate surface area is 314 Å². The van der Waals surface area contributed by atoms with Gasteiger partial charge in [0.1, 0.15) is 0 Å². The number of anilines is 6. The average Bonchev–Trinajstić information content (AvgIpc) is 3.62. The molecule has 0 bridgehead atoms. The summed E-state index contributed by atoms with van der Waals surface area (Å²) >= 11 is 1.87. The van der Waals surface area contributed by atoms with E-state index in [1.807, 2.05) is 11.3 Å². The predicted molar refractivity (Wildman–Crippen MR) is 227 cm³/mol. The van der Waals surface area contributed by atoms with Crippen LogP contribution in [0.1, 0.15) is 11.1 Å². The maximum Gasteiger partial charge on any atom is 0.0640 e. The lowest BCUT2D eigenvalue weighted by Gasteiger charge is -2.31. The molecule has 0 fully saturated rings. The summed E-state index contributed by atoms with van der Waals surface area (Å²) in [5.41, 5.74) is 14.9. The zero-order valence-corrected chi connectivity index (χ0v) is 30.0. The number of para-hydroxylation sites is 2. The molecule has 1 aliphatic carbocycles. The molecule has 0 unspecified atom stereocenters. The SMILES string of the molecule is c1ccc(N(c2ccc(-c3ccc(N(c4ccccc4)c4cccc5c4sc4ccccc45)cc3)cc2)c2cccc3c2CCc2ccccc2-3)cc1. The van der Waals surface area contributed by atoms with E-state index in [-0.39, 0.29) is 0 Å². The Morgan fingerprint density at radius 3 is 1.57 bits per heavy atom. The van der Waals surface area contributed by atoms with Gasteiger partial charge in [-0.25, -0.2) is 0 Å². The molecule has 9 aromatic rings. The number of nitrogens with zero attached hydrogens (tertiary/aromatic N) is 2. The van der Waals surface area contributed by atoms with Crippen molar-refractivity contribution in [2.45, 2.75) is 12.8 Å². The van der Waals surface area contributed by atoms with Crippen LogP contribution in [0.3, 0.4) is 0 Å². The van der Waals surface area contributed by atoms with E-state index < -0.39 is 0 Å². The lowest BCUT2D eigenvalue weighted by atomic mass is 9.84. The van der Waals surface area contributed by atoms with Crippen molar-refractivity contribution in [3.05, 3.63) is 205 Å². The minimum Gasteiger partial charge on any atom is -0.310 e. The first-order chi connectivity index (χ1) is 26.3. The van der Waals surface area contributed by atoms with Crippen LogP contribution in [0, 0.1) is 0 Å². The summed E-state index contributed by atoms with van der Waals surface area (Å²) in [6.45, 7) is 0. The number of hydrogen-bond donors (Lipinski definition) is 0. The van der Waals surface area contributed by atoms with E-state index in [2.05, 4.69) is 204 Å². The molecule has 0 aliphatic heterocycles. The lowest BCUT2D eigenvalue weighted by Crippen LogP contribution is -2.15. The first-order valence-corrected chi connectivity index (χ1v) is 19.1. The largest absolute Gasteiger partial charge is 0.310 e. The minimum atomic E-state index is 1.02. The molecule has 0 saturated carbocycles. The average molecular weight is 697 g/mol. The van der Waals surface area contributed by atoms with E-state index in [1.54, 1.807) is 0 Å². The summed E-state index contributed by atoms with van der Waals surface area (Å²) in [6.07, 6.45) is 2.08. The molecule has 3 heteroatoms. The van der Waals surface area contributed by atoms with E-state index in [0.29, 0.717) is 0 Å². The van der Waals surface area contributed by atoms with Crippen LogP contribution >= 0.6 is 11.3 Å². The first kappa shape index (κ1) is 31.3. The summed E-state index contributed by atoms with van der Waals surface area (Å²) in [5.74, 6) is 0. The van der Waals surface area contributed by atoms with Crippen LogP contribution in [0.5, 0.6) is 0 Å². The molecule has 252 valence electrons. The van der Waals surface area contributed by atoms with Gasteiger partial charge in [-0.3, -0.25) is 0 Å². The molecule has 1 aromatic heterocycles. The Morgan fingerprint density at radius 1 is 0.358 bits per heavy atom. The van der Waals surface area contributed by atoms with Crippen LogP contribution in [0.15, 0.2) is 194 Å². The third kappa shape index (κ3) is 5.58. The number of benzene rings is 8. The molecule has 53 heavy (non-hydrogen) atoms. The highest BCUT2D eigenvalue weighted by Crippen LogP contribution is 2.46. The number of hydrogen-bond acceptors (Lipinski definition) is 3. The van der Waals surface area contributed by atoms with E-state index in [4.69, 9.17) is 0 Å². The van der Waals surface area contributed by atoms with Gasteiger partial charge in [-0.1, -0.05) is 127 Å². The molecule has 0 radical (unpaired) electrons. The predicted octanol–water partition coefficient (Wildman–Crippen LogP) is 14.4. The molecule has 0 spiro atoms. The Balaban J connectivity index is 1.01. The molecular weight excluding hydrogens is 661 g/mol. The van der Waals surface area contributed by atoms with E-state index in [1.165, 1.54) is 64.9 Å². The molecule has 0 saturated heterocycles. The van der Waals surface area contributed by atoms with Gasteiger partial charge in [0.05, 0.1) is 10.4 Å². The summed E-state index contributed by atoms with van der Waals surface area (Å²) in [5, 5.41) is 2.61. The highest BCUT2D eigenvalue weighted by Gasteiger charge is 2.23. The van der Waals surface area contributed by atoms with Crippen molar-refractivity contribution in [2.75, 3.05) is 9.80 Å². The number of aryl methyl sites for hydroxylation is 1. The van der Waals surface area contributed by atoms with E-state index in [0.717, 1.165) is 35.6 Å². The molecule has 0 amide bonds. The molecule has 10 rings (SSSR count). The second-order valence-electron chi connectivity index (χ2n) is 13.6. The zero-order valence-electron chi connectivity index (χ0n) is 29.2. The van der Waals surface area contributed by atoms with Crippen molar-refractivity contribution in [3.8, 4) is 22.3 Å². The molecular formula is C50H36N2S. The van der Waals surface area contributed by atoms with Crippen molar-refractivity contribution in [3.63, 3.8) is 0 Å². The summed E-state index contributed by atoms with van der Waals surface area (Å²) in [6, 6.07) is 70.6. The third-order valence-electron chi connectivity index (χ3n) is 10.6. The van der Waals surface area contributed by atoms with E-state index >= 15 is 0 Å². The van der Waals surface area contributed by atoms with Gasteiger partial charge in [0, 0.05) is 43.9 Å². The third-order valence-corrected chi connectivity index (χ3v) is 11.8. The number of rotatable bonds is 7. The zero-order chi connectivity index (χ0) is 35.1. The van der Waals surface area contributed by atoms with Crippen molar-refractivity contribution in [1.29, 1.82) is 0 Å². The highest BCUT2D eigenvalue weighted by molar-refractivity contribution is 7.26. The van der Waals surface area contributed by atoms with Crippen LogP contribution in [-0.2, 0) is 12.8 Å². The van der Waals surface area contributed by atoms with E-state index in [9.17, 15) is 0 Å². The fourth-order valence-corrected chi connectivity index (χ4v) is 9.29. The van der Waals surface area contributed by atoms with Crippen LogP contribution in [0.2, 0.25) is 0 Å². The van der Waals surface area contributed by atoms with Crippen molar-refractivity contribution < 1.29 is 0 Å². The second kappa shape index (κ2) is 13.3. The van der Waals surface area contributed by atoms with Gasteiger partial charge in [0.2, 0.25) is 0 Å². The van der Waals surface area contributed by atoms with Gasteiger partial charge in [-0.15, -0.1) is 11.3 Å². The topological polar surface area (TPSA) is 6.48 Å². The summed E-state index contributed by atoms with van der Waals surface area (Å²) < 4.78 is 2.61. The highest BCUT2D eigenvalue weighted by atomic mass is 32.1. The standard InChI is InChI=1S/C50H36N2S/c1-3-14-38(15-4-1)51(47-22-11-20-43-42-18-8-7-13-37(42)29-34-44(43)47)40-30-25-35(26-31-40)36-27-32-41(33-28-36)52(39-16-5-2-6-17-39)48-23-12-21-46-45-19-9-10-24-49(45)53-50(46)48/h1-28,30-33H,29,34H2. The minimum absolute atomic E-state index is 1.02. The summed E-state index contributed by atoms with van der Waals surface area (Å²) in [7, 11) is 0. The Kier molecular flexibility index (Phi) is 7.85. The summed E-state index contributed by atoms with van der Waals surface area (Å²) in [4.78, 5) is 4.81. The maximum absolute atomic E-state index is 2.42. The second-order valence-corrected chi connectivity index (χ2v) is 14.7. The Hall–Kier alpha value is -6.42. The van der Waals surface area contributed by atoms with Crippen LogP contribution in [0.25, 0.3) is 42.4 Å². The van der Waals surface area contributed by atoms with Gasteiger partial charge in [-0.2, -0.15) is 0 Å². The fourth-order valence-electron chi connectivity index (χ4n) is 8.08. The number of thiophene rings is 1. The van der Waals surface area contributed by atoms with Crippen LogP contribution in [-0.4, -0.2) is 0 Å². The van der Waals surface area contributed by atoms with Gasteiger partial charge >= 0.3 is 0 Å². The molecule has 8 aromatic carbocycles. The van der Waals surface area contributed by atoms with Crippen LogP contribution < -0.4 is 9.80 Å². The molecule has 0 atom stereocenters. The maximum atomic E-state index is 2.42. The fraction of sp³-hybridized carbons (Fsp3) is 0.0400. The van der Waals surface area contributed by atoms with Crippen molar-refractivity contribution in [2.24, 2.45) is 0 Å².